The Bertz CT molecular complexity index is 459. The highest BCUT2D eigenvalue weighted by molar-refractivity contribution is 6.32. The molecule has 18 heavy (non-hydrogen) atoms. The second-order valence-electron chi connectivity index (χ2n) is 4.30. The number of amides is 1. The van der Waals surface area contributed by atoms with Crippen LogP contribution in [0.2, 0.25) is 5.02 Å². The predicted octanol–water partition coefficient (Wildman–Crippen LogP) is 0.997. The third-order valence-corrected chi connectivity index (χ3v) is 2.55. The third kappa shape index (κ3) is 4.75. The van der Waals surface area contributed by atoms with Crippen LogP contribution in [0, 0.1) is 5.92 Å². The molecular weight excluding hydrogens is 256 g/mol. The van der Waals surface area contributed by atoms with Gasteiger partial charge in [0.25, 0.3) is 5.56 Å². The van der Waals surface area contributed by atoms with Gasteiger partial charge >= 0.3 is 0 Å². The number of H-pyrrole nitrogens is 1. The molecule has 1 aromatic rings. The van der Waals surface area contributed by atoms with Gasteiger partial charge in [0.2, 0.25) is 5.91 Å². The lowest BCUT2D eigenvalue weighted by Crippen LogP contribution is -2.28. The summed E-state index contributed by atoms with van der Waals surface area (Å²) in [7, 11) is 0. The second kappa shape index (κ2) is 7.00. The van der Waals surface area contributed by atoms with Gasteiger partial charge in [0.05, 0.1) is 11.9 Å². The van der Waals surface area contributed by atoms with Gasteiger partial charge in [0.15, 0.2) is 0 Å². The second-order valence-corrected chi connectivity index (χ2v) is 4.68. The van der Waals surface area contributed by atoms with E-state index in [0.29, 0.717) is 31.1 Å². The van der Waals surface area contributed by atoms with E-state index >= 15 is 0 Å². The van der Waals surface area contributed by atoms with E-state index in [0.717, 1.165) is 0 Å². The molecule has 0 aliphatic rings. The number of nitrogens with zero attached hydrogens (tertiary/aromatic N) is 1. The molecule has 1 heterocycles. The number of hydrogen-bond donors (Lipinski definition) is 3. The Labute approximate surface area is 110 Å². The van der Waals surface area contributed by atoms with Crippen LogP contribution in [0.1, 0.15) is 20.3 Å². The Morgan fingerprint density at radius 2 is 2.28 bits per heavy atom. The number of anilines is 1. The maximum Gasteiger partial charge on any atom is 0.285 e. The molecule has 3 N–H and O–H groups in total. The predicted molar refractivity (Wildman–Crippen MR) is 70.8 cm³/mol. The van der Waals surface area contributed by atoms with Crippen molar-refractivity contribution < 1.29 is 4.79 Å². The Morgan fingerprint density at radius 1 is 1.56 bits per heavy atom. The summed E-state index contributed by atoms with van der Waals surface area (Å²) in [6.07, 6.45) is 1.73. The Hall–Kier alpha value is -1.56. The molecule has 0 unspecified atom stereocenters. The SMILES string of the molecule is CC(C)CNC(=O)CCNc1cn[nH]c(=O)c1Cl. The van der Waals surface area contributed by atoms with Crippen molar-refractivity contribution in [1.82, 2.24) is 15.5 Å². The van der Waals surface area contributed by atoms with Crippen LogP contribution in [-0.4, -0.2) is 29.2 Å². The standard InChI is InChI=1S/C11H17ClN4O2/c1-7(2)5-14-9(17)3-4-13-8-6-15-16-11(18)10(8)12/h6-7H,3-5H2,1-2H3,(H,14,17)(H2,13,16,18). The molecular formula is C11H17ClN4O2. The molecule has 0 aliphatic heterocycles. The maximum absolute atomic E-state index is 11.4. The average Bonchev–Trinajstić information content (AvgIpc) is 2.32. The number of carbonyl (C=O) groups excluding carboxylic acids is 1. The molecule has 0 atom stereocenters. The minimum Gasteiger partial charge on any atom is -0.382 e. The highest BCUT2D eigenvalue weighted by atomic mass is 35.5. The maximum atomic E-state index is 11.4. The van der Waals surface area contributed by atoms with E-state index in [1.165, 1.54) is 6.20 Å². The molecule has 0 aromatic carbocycles. The van der Waals surface area contributed by atoms with E-state index in [9.17, 15) is 9.59 Å². The van der Waals surface area contributed by atoms with Crippen molar-refractivity contribution in [2.75, 3.05) is 18.4 Å². The van der Waals surface area contributed by atoms with Gasteiger partial charge in [-0.2, -0.15) is 5.10 Å². The summed E-state index contributed by atoms with van der Waals surface area (Å²) in [5, 5.41) is 11.6. The summed E-state index contributed by atoms with van der Waals surface area (Å²) in [6.45, 7) is 5.11. The number of rotatable bonds is 6. The van der Waals surface area contributed by atoms with E-state index in [1.807, 2.05) is 13.8 Å². The summed E-state index contributed by atoms with van der Waals surface area (Å²) >= 11 is 5.76. The molecule has 0 saturated heterocycles. The van der Waals surface area contributed by atoms with Crippen molar-refractivity contribution in [3.8, 4) is 0 Å². The first kappa shape index (κ1) is 14.5. The van der Waals surface area contributed by atoms with Crippen LogP contribution in [0.4, 0.5) is 5.69 Å². The Morgan fingerprint density at radius 3 is 2.94 bits per heavy atom. The minimum absolute atomic E-state index is 0.0369. The topological polar surface area (TPSA) is 86.9 Å². The average molecular weight is 273 g/mol. The molecule has 0 bridgehead atoms. The van der Waals surface area contributed by atoms with Crippen molar-refractivity contribution in [2.24, 2.45) is 5.92 Å². The largest absolute Gasteiger partial charge is 0.382 e. The Balaban J connectivity index is 2.35. The fourth-order valence-electron chi connectivity index (χ4n) is 1.22. The molecule has 0 saturated carbocycles. The molecule has 0 spiro atoms. The smallest absolute Gasteiger partial charge is 0.285 e. The first-order valence-corrected chi connectivity index (χ1v) is 6.12. The van der Waals surface area contributed by atoms with Gasteiger partial charge < -0.3 is 10.6 Å². The van der Waals surface area contributed by atoms with E-state index in [4.69, 9.17) is 11.6 Å². The molecule has 1 aromatic heterocycles. The Kier molecular flexibility index (Phi) is 5.64. The number of aromatic nitrogens is 2. The lowest BCUT2D eigenvalue weighted by molar-refractivity contribution is -0.120. The molecule has 6 nitrogen and oxygen atoms in total. The molecule has 1 amide bonds. The lowest BCUT2D eigenvalue weighted by Gasteiger charge is -2.09. The number of aromatic amines is 1. The van der Waals surface area contributed by atoms with E-state index < -0.39 is 5.56 Å². The summed E-state index contributed by atoms with van der Waals surface area (Å²) < 4.78 is 0. The summed E-state index contributed by atoms with van der Waals surface area (Å²) in [6, 6.07) is 0. The first-order chi connectivity index (χ1) is 8.50. The van der Waals surface area contributed by atoms with Crippen LogP contribution in [0.15, 0.2) is 11.0 Å². The van der Waals surface area contributed by atoms with Crippen molar-refractivity contribution in [3.05, 3.63) is 21.6 Å². The van der Waals surface area contributed by atoms with Crippen LogP contribution in [0.25, 0.3) is 0 Å². The van der Waals surface area contributed by atoms with Crippen molar-refractivity contribution in [3.63, 3.8) is 0 Å². The van der Waals surface area contributed by atoms with Crippen LogP contribution < -0.4 is 16.2 Å². The highest BCUT2D eigenvalue weighted by Gasteiger charge is 2.06. The number of nitrogens with one attached hydrogen (secondary N) is 3. The molecule has 0 fully saturated rings. The monoisotopic (exact) mass is 272 g/mol. The van der Waals surface area contributed by atoms with Gasteiger partial charge in [-0.25, -0.2) is 5.10 Å². The van der Waals surface area contributed by atoms with Crippen molar-refractivity contribution in [2.45, 2.75) is 20.3 Å². The van der Waals surface area contributed by atoms with Crippen molar-refractivity contribution in [1.29, 1.82) is 0 Å². The van der Waals surface area contributed by atoms with Gasteiger partial charge in [-0.3, -0.25) is 9.59 Å². The number of halogens is 1. The van der Waals surface area contributed by atoms with E-state index in [2.05, 4.69) is 20.8 Å². The van der Waals surface area contributed by atoms with Crippen molar-refractivity contribution >= 4 is 23.2 Å². The molecule has 0 radical (unpaired) electrons. The van der Waals surface area contributed by atoms with Crippen LogP contribution in [0.3, 0.4) is 0 Å². The zero-order valence-corrected chi connectivity index (χ0v) is 11.2. The van der Waals surface area contributed by atoms with Gasteiger partial charge in [0.1, 0.15) is 5.02 Å². The molecule has 0 aliphatic carbocycles. The fourth-order valence-corrected chi connectivity index (χ4v) is 1.38. The van der Waals surface area contributed by atoms with Gasteiger partial charge in [-0.15, -0.1) is 0 Å². The number of hydrogen-bond acceptors (Lipinski definition) is 4. The summed E-state index contributed by atoms with van der Waals surface area (Å²) in [5.41, 5.74) is -0.0250. The molecule has 100 valence electrons. The lowest BCUT2D eigenvalue weighted by atomic mass is 10.2. The van der Waals surface area contributed by atoms with Crippen LogP contribution in [-0.2, 0) is 4.79 Å². The van der Waals surface area contributed by atoms with Crippen LogP contribution in [0.5, 0.6) is 0 Å². The van der Waals surface area contributed by atoms with Crippen LogP contribution >= 0.6 is 11.6 Å². The first-order valence-electron chi connectivity index (χ1n) is 5.74. The van der Waals surface area contributed by atoms with Gasteiger partial charge in [0, 0.05) is 19.5 Å². The van der Waals surface area contributed by atoms with E-state index in [1.54, 1.807) is 0 Å². The van der Waals surface area contributed by atoms with Gasteiger partial charge in [-0.05, 0) is 5.92 Å². The zero-order valence-electron chi connectivity index (χ0n) is 10.4. The fraction of sp³-hybridized carbons (Fsp3) is 0.545. The quantitative estimate of drug-likeness (QED) is 0.721. The highest BCUT2D eigenvalue weighted by Crippen LogP contribution is 2.13. The minimum atomic E-state index is -0.453. The third-order valence-electron chi connectivity index (χ3n) is 2.17. The molecule has 7 heteroatoms. The number of carbonyl (C=O) groups is 1. The molecule has 1 rings (SSSR count). The zero-order chi connectivity index (χ0) is 13.5. The van der Waals surface area contributed by atoms with E-state index in [-0.39, 0.29) is 10.9 Å². The summed E-state index contributed by atoms with van der Waals surface area (Å²) in [4.78, 5) is 22.6. The summed E-state index contributed by atoms with van der Waals surface area (Å²) in [5.74, 6) is 0.387. The van der Waals surface area contributed by atoms with Gasteiger partial charge in [-0.1, -0.05) is 25.4 Å². The normalized spacial score (nSPS) is 10.4.